The predicted octanol–water partition coefficient (Wildman–Crippen LogP) is 4.34. The number of aliphatic imine (C=N–C) groups is 1. The van der Waals surface area contributed by atoms with E-state index in [0.717, 1.165) is 70.1 Å². The highest BCUT2D eigenvalue weighted by Crippen LogP contribution is 2.37. The molecule has 4 heterocycles. The molecule has 0 saturated heterocycles. The Morgan fingerprint density at radius 1 is 1.14 bits per heavy atom. The van der Waals surface area contributed by atoms with E-state index in [-0.39, 0.29) is 23.8 Å². The van der Waals surface area contributed by atoms with Crippen LogP contribution in [0.4, 0.5) is 0 Å². The Balaban J connectivity index is 1.33. The number of hydrogen-bond acceptors (Lipinski definition) is 6. The van der Waals surface area contributed by atoms with E-state index in [9.17, 15) is 9.90 Å². The molecule has 1 unspecified atom stereocenters. The van der Waals surface area contributed by atoms with E-state index in [4.69, 9.17) is 4.98 Å². The quantitative estimate of drug-likeness (QED) is 0.326. The molecular weight excluding hydrogens is 466 g/mol. The van der Waals surface area contributed by atoms with Crippen molar-refractivity contribution in [3.8, 4) is 11.5 Å². The Hall–Kier alpha value is -3.85. The number of allylic oxidation sites excluding steroid dienone is 1. The standard InChI is InChI=1S/C28H31N7O2/c1-15(2)28(37)31-19-9-18(11-29-12-19)17-5-8-23-21(10-17)26(35-34-23)27-32-24-14-30-13-22(25(24)33-27)16-3-6-20(36)7-4-16/h5,8-10,12-16,18,20,36H,3-4,6-7,11H2,1-2H3,(H,31,37)(H,32,33)(H,34,35). The van der Waals surface area contributed by atoms with Gasteiger partial charge in [-0.2, -0.15) is 5.10 Å². The average Bonchev–Trinajstić information content (AvgIpc) is 3.53. The van der Waals surface area contributed by atoms with E-state index in [1.807, 2.05) is 32.3 Å². The van der Waals surface area contributed by atoms with Gasteiger partial charge in [-0.3, -0.25) is 19.9 Å². The Morgan fingerprint density at radius 2 is 1.97 bits per heavy atom. The summed E-state index contributed by atoms with van der Waals surface area (Å²) in [4.78, 5) is 29.5. The lowest BCUT2D eigenvalue weighted by Gasteiger charge is -2.25. The molecule has 4 N–H and O–H groups in total. The number of pyridine rings is 1. The first kappa shape index (κ1) is 23.5. The van der Waals surface area contributed by atoms with Crippen molar-refractivity contribution >= 4 is 34.1 Å². The van der Waals surface area contributed by atoms with Crippen LogP contribution in [0.5, 0.6) is 0 Å². The molecule has 2 aliphatic rings. The maximum absolute atomic E-state index is 12.2. The molecular formula is C28H31N7O2. The summed E-state index contributed by atoms with van der Waals surface area (Å²) < 4.78 is 0. The Morgan fingerprint density at radius 3 is 2.78 bits per heavy atom. The number of aliphatic hydroxyl groups excluding tert-OH is 1. The second-order valence-corrected chi connectivity index (χ2v) is 10.5. The summed E-state index contributed by atoms with van der Waals surface area (Å²) >= 11 is 0. The third-order valence-electron chi connectivity index (χ3n) is 7.50. The summed E-state index contributed by atoms with van der Waals surface area (Å²) in [5, 5.41) is 21.6. The van der Waals surface area contributed by atoms with Gasteiger partial charge in [-0.1, -0.05) is 19.9 Å². The zero-order valence-corrected chi connectivity index (χ0v) is 21.0. The van der Waals surface area contributed by atoms with Crippen LogP contribution < -0.4 is 5.32 Å². The normalized spacial score (nSPS) is 22.1. The molecule has 37 heavy (non-hydrogen) atoms. The third-order valence-corrected chi connectivity index (χ3v) is 7.50. The molecule has 1 atom stereocenters. The average molecular weight is 498 g/mol. The fraction of sp³-hybridized carbons (Fsp3) is 0.393. The largest absolute Gasteiger partial charge is 0.393 e. The number of benzene rings is 1. The topological polar surface area (TPSA) is 132 Å². The number of aliphatic hydroxyl groups is 1. The molecule has 190 valence electrons. The molecule has 0 radical (unpaired) electrons. The molecule has 0 spiro atoms. The van der Waals surface area contributed by atoms with Crippen molar-refractivity contribution < 1.29 is 9.90 Å². The molecule has 4 aromatic rings. The molecule has 1 aliphatic carbocycles. The predicted molar refractivity (Wildman–Crippen MR) is 143 cm³/mol. The third kappa shape index (κ3) is 4.55. The van der Waals surface area contributed by atoms with Crippen molar-refractivity contribution in [3.63, 3.8) is 0 Å². The van der Waals surface area contributed by atoms with Crippen LogP contribution in [0.3, 0.4) is 0 Å². The van der Waals surface area contributed by atoms with Crippen LogP contribution in [0.25, 0.3) is 33.5 Å². The first-order chi connectivity index (χ1) is 18.0. The molecule has 1 amide bonds. The van der Waals surface area contributed by atoms with Crippen LogP contribution in [0, 0.1) is 5.92 Å². The summed E-state index contributed by atoms with van der Waals surface area (Å²) in [5.41, 5.74) is 6.46. The lowest BCUT2D eigenvalue weighted by atomic mass is 9.83. The first-order valence-electron chi connectivity index (χ1n) is 13.0. The highest BCUT2D eigenvalue weighted by atomic mass is 16.3. The summed E-state index contributed by atoms with van der Waals surface area (Å²) in [6, 6.07) is 6.24. The molecule has 3 aromatic heterocycles. The minimum Gasteiger partial charge on any atom is -0.393 e. The van der Waals surface area contributed by atoms with Gasteiger partial charge < -0.3 is 15.4 Å². The molecule has 1 aromatic carbocycles. The molecule has 6 rings (SSSR count). The zero-order chi connectivity index (χ0) is 25.5. The number of aromatic amines is 2. The molecule has 9 nitrogen and oxygen atoms in total. The Labute approximate surface area is 214 Å². The summed E-state index contributed by atoms with van der Waals surface area (Å²) in [7, 11) is 0. The number of imidazole rings is 1. The summed E-state index contributed by atoms with van der Waals surface area (Å²) in [5.74, 6) is 0.985. The number of carbonyl (C=O) groups excluding carboxylic acids is 1. The van der Waals surface area contributed by atoms with Gasteiger partial charge in [0.15, 0.2) is 5.82 Å². The number of rotatable bonds is 5. The van der Waals surface area contributed by atoms with Gasteiger partial charge in [0.25, 0.3) is 0 Å². The van der Waals surface area contributed by atoms with Crippen LogP contribution in [-0.2, 0) is 4.79 Å². The minimum atomic E-state index is -0.199. The van der Waals surface area contributed by atoms with E-state index < -0.39 is 0 Å². The smallest absolute Gasteiger partial charge is 0.226 e. The minimum absolute atomic E-state index is 0.0194. The van der Waals surface area contributed by atoms with Crippen molar-refractivity contribution in [1.29, 1.82) is 0 Å². The van der Waals surface area contributed by atoms with Gasteiger partial charge in [0.1, 0.15) is 5.69 Å². The van der Waals surface area contributed by atoms with E-state index >= 15 is 0 Å². The highest BCUT2D eigenvalue weighted by molar-refractivity contribution is 5.94. The number of fused-ring (bicyclic) bond motifs is 2. The van der Waals surface area contributed by atoms with Crippen LogP contribution >= 0.6 is 0 Å². The van der Waals surface area contributed by atoms with Crippen molar-refractivity contribution in [2.45, 2.75) is 57.5 Å². The molecule has 0 bridgehead atoms. The summed E-state index contributed by atoms with van der Waals surface area (Å²) in [6.07, 6.45) is 10.8. The van der Waals surface area contributed by atoms with Gasteiger partial charge in [-0.05, 0) is 55.4 Å². The van der Waals surface area contributed by atoms with Crippen molar-refractivity contribution in [1.82, 2.24) is 30.5 Å². The van der Waals surface area contributed by atoms with Crippen molar-refractivity contribution in [2.75, 3.05) is 6.54 Å². The first-order valence-corrected chi connectivity index (χ1v) is 13.0. The van der Waals surface area contributed by atoms with Gasteiger partial charge in [0, 0.05) is 41.7 Å². The van der Waals surface area contributed by atoms with Gasteiger partial charge in [0.2, 0.25) is 5.91 Å². The summed E-state index contributed by atoms with van der Waals surface area (Å²) in [6.45, 7) is 4.37. The van der Waals surface area contributed by atoms with Crippen molar-refractivity contribution in [3.05, 3.63) is 53.5 Å². The van der Waals surface area contributed by atoms with E-state index in [1.54, 1.807) is 6.21 Å². The van der Waals surface area contributed by atoms with Crippen LogP contribution in [-0.4, -0.2) is 55.0 Å². The maximum atomic E-state index is 12.2. The highest BCUT2D eigenvalue weighted by Gasteiger charge is 2.25. The number of aromatic nitrogens is 5. The molecule has 1 fully saturated rings. The van der Waals surface area contributed by atoms with Crippen LogP contribution in [0.2, 0.25) is 0 Å². The number of nitrogens with zero attached hydrogens (tertiary/aromatic N) is 4. The molecule has 9 heteroatoms. The second kappa shape index (κ2) is 9.55. The lowest BCUT2D eigenvalue weighted by Crippen LogP contribution is -2.29. The number of nitrogens with one attached hydrogen (secondary N) is 3. The van der Waals surface area contributed by atoms with Gasteiger partial charge >= 0.3 is 0 Å². The second-order valence-electron chi connectivity index (χ2n) is 10.5. The number of hydrogen-bond donors (Lipinski definition) is 4. The molecule has 1 aliphatic heterocycles. The number of carbonyl (C=O) groups is 1. The van der Waals surface area contributed by atoms with E-state index in [1.165, 1.54) is 0 Å². The van der Waals surface area contributed by atoms with E-state index in [0.29, 0.717) is 18.3 Å². The van der Waals surface area contributed by atoms with E-state index in [2.05, 4.69) is 48.7 Å². The van der Waals surface area contributed by atoms with Crippen LogP contribution in [0.15, 0.2) is 47.4 Å². The van der Waals surface area contributed by atoms with Gasteiger partial charge in [-0.15, -0.1) is 0 Å². The van der Waals surface area contributed by atoms with Gasteiger partial charge in [-0.25, -0.2) is 4.98 Å². The maximum Gasteiger partial charge on any atom is 0.226 e. The number of H-pyrrole nitrogens is 2. The number of dihydropyridines is 1. The lowest BCUT2D eigenvalue weighted by molar-refractivity contribution is -0.123. The SMILES string of the molecule is CC(C)C(=O)NC1=CC(c2ccc3[nH]nc(-c4nc5c(C6CCC(O)CC6)cncc5[nH]4)c3c2)CN=C1. The van der Waals surface area contributed by atoms with Crippen molar-refractivity contribution in [2.24, 2.45) is 10.9 Å². The fourth-order valence-corrected chi connectivity index (χ4v) is 5.33. The Bertz CT molecular complexity index is 1520. The monoisotopic (exact) mass is 497 g/mol. The van der Waals surface area contributed by atoms with Gasteiger partial charge in [0.05, 0.1) is 34.5 Å². The molecule has 1 saturated carbocycles. The zero-order valence-electron chi connectivity index (χ0n) is 21.0. The Kier molecular flexibility index (Phi) is 6.08. The van der Waals surface area contributed by atoms with Crippen LogP contribution in [0.1, 0.15) is 62.5 Å². The number of amides is 1. The fourth-order valence-electron chi connectivity index (χ4n) is 5.33.